The van der Waals surface area contributed by atoms with Gasteiger partial charge in [-0.2, -0.15) is 11.8 Å². The summed E-state index contributed by atoms with van der Waals surface area (Å²) >= 11 is 1.91. The number of carbonyl (C=O) groups is 1. The second-order valence-electron chi connectivity index (χ2n) is 3.37. The van der Waals surface area contributed by atoms with Crippen molar-refractivity contribution in [2.45, 2.75) is 30.6 Å². The van der Waals surface area contributed by atoms with Crippen LogP contribution in [-0.2, 0) is 4.79 Å². The summed E-state index contributed by atoms with van der Waals surface area (Å²) in [6, 6.07) is 0.535. The predicted octanol–water partition coefficient (Wildman–Crippen LogP) is 0.606. The van der Waals surface area contributed by atoms with E-state index in [9.17, 15) is 4.79 Å². The highest BCUT2D eigenvalue weighted by molar-refractivity contribution is 7.99. The van der Waals surface area contributed by atoms with Gasteiger partial charge in [-0.3, -0.25) is 4.79 Å². The first kappa shape index (κ1) is 10.9. The molecule has 0 heterocycles. The van der Waals surface area contributed by atoms with Crippen molar-refractivity contribution in [3.63, 3.8) is 0 Å². The number of hydrogen-bond donors (Lipinski definition) is 2. The van der Waals surface area contributed by atoms with Crippen LogP contribution < -0.4 is 10.6 Å². The topological polar surface area (TPSA) is 41.1 Å². The third-order valence-corrected chi connectivity index (χ3v) is 3.73. The Hall–Kier alpha value is -0.220. The molecule has 4 heteroatoms. The summed E-state index contributed by atoms with van der Waals surface area (Å²) in [5.74, 6) is 0.0757. The highest BCUT2D eigenvalue weighted by Gasteiger charge is 2.25. The quantitative estimate of drug-likeness (QED) is 0.701. The lowest BCUT2D eigenvalue weighted by atomic mass is 10.2. The Morgan fingerprint density at radius 2 is 2.31 bits per heavy atom. The fraction of sp³-hybridized carbons (Fsp3) is 0.889. The van der Waals surface area contributed by atoms with E-state index < -0.39 is 0 Å². The van der Waals surface area contributed by atoms with Gasteiger partial charge in [-0.05, 0) is 19.1 Å². The monoisotopic (exact) mass is 202 g/mol. The van der Waals surface area contributed by atoms with Crippen molar-refractivity contribution in [3.8, 4) is 0 Å². The Morgan fingerprint density at radius 1 is 1.54 bits per heavy atom. The van der Waals surface area contributed by atoms with Gasteiger partial charge in [-0.25, -0.2) is 0 Å². The molecular weight excluding hydrogens is 184 g/mol. The molecule has 13 heavy (non-hydrogen) atoms. The van der Waals surface area contributed by atoms with E-state index in [1.54, 1.807) is 7.05 Å². The van der Waals surface area contributed by atoms with Crippen LogP contribution in [0.4, 0.5) is 0 Å². The summed E-state index contributed by atoms with van der Waals surface area (Å²) in [5, 5.41) is 6.61. The summed E-state index contributed by atoms with van der Waals surface area (Å²) in [7, 11) is 1.67. The van der Waals surface area contributed by atoms with Crippen LogP contribution in [0.5, 0.6) is 0 Å². The molecule has 3 nitrogen and oxygen atoms in total. The van der Waals surface area contributed by atoms with Gasteiger partial charge in [0.2, 0.25) is 5.91 Å². The summed E-state index contributed by atoms with van der Waals surface area (Å²) in [4.78, 5) is 11.0. The minimum atomic E-state index is 0.0757. The van der Waals surface area contributed by atoms with Gasteiger partial charge in [0.1, 0.15) is 0 Å². The van der Waals surface area contributed by atoms with Crippen molar-refractivity contribution in [2.24, 2.45) is 0 Å². The van der Waals surface area contributed by atoms with Gasteiger partial charge >= 0.3 is 0 Å². The summed E-state index contributed by atoms with van der Waals surface area (Å²) in [5.41, 5.74) is 0. The van der Waals surface area contributed by atoms with Gasteiger partial charge in [0, 0.05) is 18.3 Å². The highest BCUT2D eigenvalue weighted by Crippen LogP contribution is 2.27. The highest BCUT2D eigenvalue weighted by atomic mass is 32.2. The van der Waals surface area contributed by atoms with Crippen LogP contribution in [0.25, 0.3) is 0 Å². The Kier molecular flexibility index (Phi) is 4.59. The number of likely N-dealkylation sites (N-methyl/N-ethyl adjacent to an activating group) is 1. The van der Waals surface area contributed by atoms with Gasteiger partial charge in [-0.15, -0.1) is 0 Å². The molecule has 1 aliphatic rings. The van der Waals surface area contributed by atoms with E-state index in [2.05, 4.69) is 16.9 Å². The Morgan fingerprint density at radius 3 is 2.92 bits per heavy atom. The first-order chi connectivity index (χ1) is 6.27. The SMILES string of the molecule is CNC(=O)CNC1CCCC1SC. The van der Waals surface area contributed by atoms with Gasteiger partial charge in [0.15, 0.2) is 0 Å². The maximum atomic E-state index is 11.0. The second kappa shape index (κ2) is 5.50. The Labute approximate surface area is 84.0 Å². The maximum absolute atomic E-state index is 11.0. The zero-order valence-corrected chi connectivity index (χ0v) is 9.12. The molecule has 0 radical (unpaired) electrons. The molecule has 0 saturated heterocycles. The average Bonchev–Trinajstić information content (AvgIpc) is 2.61. The van der Waals surface area contributed by atoms with Gasteiger partial charge in [0.05, 0.1) is 6.54 Å². The number of amides is 1. The number of hydrogen-bond acceptors (Lipinski definition) is 3. The van der Waals surface area contributed by atoms with E-state index >= 15 is 0 Å². The number of rotatable bonds is 4. The minimum absolute atomic E-state index is 0.0757. The zero-order valence-electron chi connectivity index (χ0n) is 8.30. The van der Waals surface area contributed by atoms with Crippen molar-refractivity contribution in [1.82, 2.24) is 10.6 Å². The number of thioether (sulfide) groups is 1. The molecular formula is C9H18N2OS. The fourth-order valence-electron chi connectivity index (χ4n) is 1.75. The van der Waals surface area contributed by atoms with Crippen LogP contribution >= 0.6 is 11.8 Å². The van der Waals surface area contributed by atoms with Crippen LogP contribution in [0.2, 0.25) is 0 Å². The van der Waals surface area contributed by atoms with E-state index in [4.69, 9.17) is 0 Å². The molecule has 1 fully saturated rings. The molecule has 1 saturated carbocycles. The van der Waals surface area contributed by atoms with Crippen LogP contribution in [-0.4, -0.2) is 37.0 Å². The smallest absolute Gasteiger partial charge is 0.233 e. The lowest BCUT2D eigenvalue weighted by Crippen LogP contribution is -2.40. The predicted molar refractivity (Wildman–Crippen MR) is 57.0 cm³/mol. The molecule has 0 spiro atoms. The molecule has 2 atom stereocenters. The number of carbonyl (C=O) groups excluding carboxylic acids is 1. The Balaban J connectivity index is 2.23. The molecule has 1 rings (SSSR count). The Bertz CT molecular complexity index is 175. The lowest BCUT2D eigenvalue weighted by Gasteiger charge is -2.18. The van der Waals surface area contributed by atoms with E-state index in [1.807, 2.05) is 11.8 Å². The second-order valence-corrected chi connectivity index (χ2v) is 4.44. The van der Waals surface area contributed by atoms with Crippen molar-refractivity contribution in [3.05, 3.63) is 0 Å². The molecule has 2 N–H and O–H groups in total. The minimum Gasteiger partial charge on any atom is -0.358 e. The molecule has 0 bridgehead atoms. The van der Waals surface area contributed by atoms with E-state index in [0.717, 1.165) is 0 Å². The molecule has 0 aromatic carbocycles. The number of nitrogens with one attached hydrogen (secondary N) is 2. The van der Waals surface area contributed by atoms with Crippen molar-refractivity contribution >= 4 is 17.7 Å². The largest absolute Gasteiger partial charge is 0.358 e. The summed E-state index contributed by atoms with van der Waals surface area (Å²) < 4.78 is 0. The van der Waals surface area contributed by atoms with Crippen molar-refractivity contribution in [1.29, 1.82) is 0 Å². The maximum Gasteiger partial charge on any atom is 0.233 e. The van der Waals surface area contributed by atoms with Crippen LogP contribution in [0.1, 0.15) is 19.3 Å². The van der Waals surface area contributed by atoms with Crippen LogP contribution in [0.15, 0.2) is 0 Å². The third-order valence-electron chi connectivity index (χ3n) is 2.56. The van der Waals surface area contributed by atoms with Crippen LogP contribution in [0.3, 0.4) is 0 Å². The molecule has 0 aromatic heterocycles. The van der Waals surface area contributed by atoms with E-state index in [1.165, 1.54) is 19.3 Å². The first-order valence-electron chi connectivity index (χ1n) is 4.74. The van der Waals surface area contributed by atoms with Crippen LogP contribution in [0, 0.1) is 0 Å². The van der Waals surface area contributed by atoms with Crippen molar-refractivity contribution < 1.29 is 4.79 Å². The lowest BCUT2D eigenvalue weighted by molar-refractivity contribution is -0.119. The molecule has 0 aliphatic heterocycles. The van der Waals surface area contributed by atoms with E-state index in [0.29, 0.717) is 17.8 Å². The normalized spacial score (nSPS) is 27.5. The van der Waals surface area contributed by atoms with Gasteiger partial charge in [-0.1, -0.05) is 6.42 Å². The summed E-state index contributed by atoms with van der Waals surface area (Å²) in [6.07, 6.45) is 5.93. The molecule has 0 aromatic rings. The third kappa shape index (κ3) is 3.19. The van der Waals surface area contributed by atoms with Gasteiger partial charge in [0.25, 0.3) is 0 Å². The fourth-order valence-corrected chi connectivity index (χ4v) is 2.72. The van der Waals surface area contributed by atoms with Crippen molar-refractivity contribution in [2.75, 3.05) is 19.8 Å². The molecule has 1 aliphatic carbocycles. The molecule has 2 unspecified atom stereocenters. The first-order valence-corrected chi connectivity index (χ1v) is 6.03. The standard InChI is InChI=1S/C9H18N2OS/c1-10-9(12)6-11-7-4-3-5-8(7)13-2/h7-8,11H,3-6H2,1-2H3,(H,10,12). The molecule has 76 valence electrons. The van der Waals surface area contributed by atoms with E-state index in [-0.39, 0.29) is 5.91 Å². The molecule has 1 amide bonds. The summed E-state index contributed by atoms with van der Waals surface area (Å²) in [6.45, 7) is 0.457. The van der Waals surface area contributed by atoms with Gasteiger partial charge < -0.3 is 10.6 Å². The zero-order chi connectivity index (χ0) is 9.68. The average molecular weight is 202 g/mol.